The van der Waals surface area contributed by atoms with Crippen molar-refractivity contribution in [1.82, 2.24) is 0 Å². The molecule has 1 N–H and O–H groups in total. The zero-order chi connectivity index (χ0) is 13.9. The number of hydrogen-bond donors (Lipinski definition) is 1. The Hall–Kier alpha value is -1.56. The lowest BCUT2D eigenvalue weighted by Crippen LogP contribution is -2.32. The van der Waals surface area contributed by atoms with Gasteiger partial charge in [-0.2, -0.15) is 0 Å². The Balaban J connectivity index is 1.70. The normalized spacial score (nSPS) is 16.9. The molecule has 2 aromatic carbocycles. The number of carbonyl (C=O) groups excluding carboxylic acids is 1. The van der Waals surface area contributed by atoms with Crippen LogP contribution >= 0.6 is 22.6 Å². The topological polar surface area (TPSA) is 38.3 Å². The standard InChI is InChI=1S/C16H14INO2/c17-13-5-3-6-14(9-13)18-16(19)12-8-11-4-1-2-7-15(11)20-10-12/h1-7,9,12H,8,10H2,(H,18,19). The third-order valence-corrected chi connectivity index (χ3v) is 4.01. The van der Waals surface area contributed by atoms with E-state index in [-0.39, 0.29) is 11.8 Å². The van der Waals surface area contributed by atoms with Gasteiger partial charge >= 0.3 is 0 Å². The number of carbonyl (C=O) groups is 1. The van der Waals surface area contributed by atoms with E-state index < -0.39 is 0 Å². The van der Waals surface area contributed by atoms with Gasteiger partial charge < -0.3 is 10.1 Å². The van der Waals surface area contributed by atoms with Crippen LogP contribution in [0.25, 0.3) is 0 Å². The molecule has 102 valence electrons. The molecule has 0 bridgehead atoms. The molecular weight excluding hydrogens is 365 g/mol. The van der Waals surface area contributed by atoms with Gasteiger partial charge in [-0.25, -0.2) is 0 Å². The number of benzene rings is 2. The highest BCUT2D eigenvalue weighted by Gasteiger charge is 2.25. The summed E-state index contributed by atoms with van der Waals surface area (Å²) in [7, 11) is 0. The van der Waals surface area contributed by atoms with Crippen molar-refractivity contribution in [3.8, 4) is 5.75 Å². The molecule has 1 atom stereocenters. The van der Waals surface area contributed by atoms with Gasteiger partial charge in [-0.3, -0.25) is 4.79 Å². The SMILES string of the molecule is O=C(Nc1cccc(I)c1)C1COc2ccccc2C1. The Labute approximate surface area is 131 Å². The van der Waals surface area contributed by atoms with E-state index in [1.807, 2.05) is 48.5 Å². The van der Waals surface area contributed by atoms with E-state index in [9.17, 15) is 4.79 Å². The summed E-state index contributed by atoms with van der Waals surface area (Å²) in [6, 6.07) is 15.7. The number of halogens is 1. The highest BCUT2D eigenvalue weighted by Crippen LogP contribution is 2.27. The third kappa shape index (κ3) is 2.95. The lowest BCUT2D eigenvalue weighted by Gasteiger charge is -2.24. The fourth-order valence-corrected chi connectivity index (χ4v) is 2.85. The number of rotatable bonds is 2. The van der Waals surface area contributed by atoms with Gasteiger partial charge in [-0.1, -0.05) is 24.3 Å². The molecule has 3 rings (SSSR count). The highest BCUT2D eigenvalue weighted by atomic mass is 127. The smallest absolute Gasteiger partial charge is 0.231 e. The lowest BCUT2D eigenvalue weighted by molar-refractivity contribution is -0.121. The molecule has 0 radical (unpaired) electrons. The average Bonchev–Trinajstić information content (AvgIpc) is 2.47. The second-order valence-electron chi connectivity index (χ2n) is 4.82. The molecule has 1 heterocycles. The number of hydrogen-bond acceptors (Lipinski definition) is 2. The van der Waals surface area contributed by atoms with Crippen LogP contribution in [0.2, 0.25) is 0 Å². The second kappa shape index (κ2) is 5.83. The van der Waals surface area contributed by atoms with E-state index >= 15 is 0 Å². The predicted octanol–water partition coefficient (Wildman–Crippen LogP) is 3.48. The number of para-hydroxylation sites is 1. The molecule has 2 aromatic rings. The van der Waals surface area contributed by atoms with E-state index in [1.54, 1.807) is 0 Å². The number of anilines is 1. The molecule has 1 aliphatic rings. The molecule has 1 amide bonds. The summed E-state index contributed by atoms with van der Waals surface area (Å²) in [5.41, 5.74) is 1.93. The minimum Gasteiger partial charge on any atom is -0.492 e. The van der Waals surface area contributed by atoms with Crippen molar-refractivity contribution < 1.29 is 9.53 Å². The van der Waals surface area contributed by atoms with Crippen LogP contribution in [0.4, 0.5) is 5.69 Å². The molecule has 3 nitrogen and oxygen atoms in total. The molecule has 0 aliphatic carbocycles. The fourth-order valence-electron chi connectivity index (χ4n) is 2.31. The van der Waals surface area contributed by atoms with Gasteiger partial charge in [-0.15, -0.1) is 0 Å². The van der Waals surface area contributed by atoms with Crippen LogP contribution in [0.5, 0.6) is 5.75 Å². The van der Waals surface area contributed by atoms with Gasteiger partial charge in [0.2, 0.25) is 5.91 Å². The summed E-state index contributed by atoms with van der Waals surface area (Å²) in [6.45, 7) is 0.437. The first kappa shape index (κ1) is 13.4. The molecule has 0 fully saturated rings. The summed E-state index contributed by atoms with van der Waals surface area (Å²) in [6.07, 6.45) is 0.728. The maximum atomic E-state index is 12.3. The van der Waals surface area contributed by atoms with Crippen LogP contribution in [0.15, 0.2) is 48.5 Å². The van der Waals surface area contributed by atoms with E-state index in [4.69, 9.17) is 4.74 Å². The molecule has 0 aromatic heterocycles. The van der Waals surface area contributed by atoms with Crippen LogP contribution in [0, 0.1) is 9.49 Å². The molecular formula is C16H14INO2. The number of amides is 1. The van der Waals surface area contributed by atoms with Crippen molar-refractivity contribution in [3.05, 3.63) is 57.7 Å². The van der Waals surface area contributed by atoms with E-state index in [0.29, 0.717) is 6.61 Å². The zero-order valence-corrected chi connectivity index (χ0v) is 13.0. The van der Waals surface area contributed by atoms with Crippen LogP contribution in [-0.4, -0.2) is 12.5 Å². The zero-order valence-electron chi connectivity index (χ0n) is 10.8. The predicted molar refractivity (Wildman–Crippen MR) is 86.9 cm³/mol. The van der Waals surface area contributed by atoms with Gasteiger partial charge in [0.1, 0.15) is 12.4 Å². The number of ether oxygens (including phenoxy) is 1. The van der Waals surface area contributed by atoms with Crippen LogP contribution < -0.4 is 10.1 Å². The first-order valence-electron chi connectivity index (χ1n) is 6.49. The average molecular weight is 379 g/mol. The monoisotopic (exact) mass is 379 g/mol. The second-order valence-corrected chi connectivity index (χ2v) is 6.07. The van der Waals surface area contributed by atoms with E-state index in [2.05, 4.69) is 27.9 Å². The summed E-state index contributed by atoms with van der Waals surface area (Å²) in [4.78, 5) is 12.3. The Morgan fingerprint density at radius 3 is 2.90 bits per heavy atom. The van der Waals surface area contributed by atoms with Crippen molar-refractivity contribution in [2.45, 2.75) is 6.42 Å². The Kier molecular flexibility index (Phi) is 3.91. The van der Waals surface area contributed by atoms with Gasteiger partial charge in [-0.05, 0) is 58.8 Å². The van der Waals surface area contributed by atoms with Crippen molar-refractivity contribution in [2.75, 3.05) is 11.9 Å². The van der Waals surface area contributed by atoms with Gasteiger partial charge in [0.05, 0.1) is 5.92 Å². The van der Waals surface area contributed by atoms with Crippen molar-refractivity contribution >= 4 is 34.2 Å². The lowest BCUT2D eigenvalue weighted by atomic mass is 9.96. The van der Waals surface area contributed by atoms with Crippen LogP contribution in [0.1, 0.15) is 5.56 Å². The highest BCUT2D eigenvalue weighted by molar-refractivity contribution is 14.1. The number of fused-ring (bicyclic) bond motifs is 1. The van der Waals surface area contributed by atoms with Gasteiger partial charge in [0.25, 0.3) is 0 Å². The summed E-state index contributed by atoms with van der Waals surface area (Å²) in [5.74, 6) is 0.773. The maximum Gasteiger partial charge on any atom is 0.231 e. The minimum absolute atomic E-state index is 0.0153. The molecule has 0 spiro atoms. The van der Waals surface area contributed by atoms with Crippen molar-refractivity contribution in [3.63, 3.8) is 0 Å². The molecule has 20 heavy (non-hydrogen) atoms. The van der Waals surface area contributed by atoms with E-state index in [0.717, 1.165) is 27.0 Å². The summed E-state index contributed by atoms with van der Waals surface area (Å²) < 4.78 is 6.76. The largest absolute Gasteiger partial charge is 0.492 e. The summed E-state index contributed by atoms with van der Waals surface area (Å²) in [5, 5.41) is 2.96. The first-order valence-corrected chi connectivity index (χ1v) is 7.57. The Bertz CT molecular complexity index is 642. The number of nitrogens with one attached hydrogen (secondary N) is 1. The van der Waals surface area contributed by atoms with Gasteiger partial charge in [0, 0.05) is 9.26 Å². The Morgan fingerprint density at radius 1 is 1.20 bits per heavy atom. The molecule has 0 saturated carbocycles. The maximum absolute atomic E-state index is 12.3. The van der Waals surface area contributed by atoms with Crippen LogP contribution in [-0.2, 0) is 11.2 Å². The molecule has 0 saturated heterocycles. The minimum atomic E-state index is -0.136. The molecule has 1 unspecified atom stereocenters. The van der Waals surface area contributed by atoms with Crippen LogP contribution in [0.3, 0.4) is 0 Å². The van der Waals surface area contributed by atoms with Gasteiger partial charge in [0.15, 0.2) is 0 Å². The molecule has 4 heteroatoms. The fraction of sp³-hybridized carbons (Fsp3) is 0.188. The molecule has 1 aliphatic heterocycles. The van der Waals surface area contributed by atoms with Crippen molar-refractivity contribution in [2.24, 2.45) is 5.92 Å². The summed E-state index contributed by atoms with van der Waals surface area (Å²) >= 11 is 2.23. The first-order chi connectivity index (χ1) is 9.72. The van der Waals surface area contributed by atoms with Crippen molar-refractivity contribution in [1.29, 1.82) is 0 Å². The third-order valence-electron chi connectivity index (χ3n) is 3.34. The Morgan fingerprint density at radius 2 is 2.05 bits per heavy atom. The quantitative estimate of drug-likeness (QED) is 0.812. The van der Waals surface area contributed by atoms with E-state index in [1.165, 1.54) is 0 Å².